The Labute approximate surface area is 200 Å². The molecule has 14 heteroatoms. The molecule has 0 aromatic heterocycles. The van der Waals surface area contributed by atoms with Gasteiger partial charge in [0.1, 0.15) is 12.6 Å². The number of morpholine rings is 1. The lowest BCUT2D eigenvalue weighted by Gasteiger charge is -2.27. The van der Waals surface area contributed by atoms with Crippen LogP contribution in [-0.2, 0) is 28.8 Å². The number of rotatable bonds is 8. The van der Waals surface area contributed by atoms with Gasteiger partial charge in [-0.15, -0.1) is 0 Å². The molecule has 1 atom stereocenters. The summed E-state index contributed by atoms with van der Waals surface area (Å²) < 4.78 is 32.0. The fourth-order valence-electron chi connectivity index (χ4n) is 2.95. The summed E-state index contributed by atoms with van der Waals surface area (Å²) in [5, 5.41) is 12.7. The van der Waals surface area contributed by atoms with Gasteiger partial charge in [-0.2, -0.15) is 8.42 Å². The molecule has 5 N–H and O–H groups in total. The molecular formula is C20H22ClN5O7S. The van der Waals surface area contributed by atoms with Crippen molar-refractivity contribution in [1.29, 1.82) is 0 Å². The first kappa shape index (κ1) is 25.4. The van der Waals surface area contributed by atoms with Crippen LogP contribution in [0.4, 0.5) is 21.9 Å². The largest absolute Gasteiger partial charge is 0.370 e. The first-order valence-electron chi connectivity index (χ1n) is 9.90. The number of hydrogen-bond acceptors (Lipinski definition) is 7. The second kappa shape index (κ2) is 11.3. The van der Waals surface area contributed by atoms with Gasteiger partial charge >= 0.3 is 16.3 Å². The zero-order valence-corrected chi connectivity index (χ0v) is 19.3. The summed E-state index contributed by atoms with van der Waals surface area (Å²) in [7, 11) is -4.36. The fraction of sp³-hybridized carbons (Fsp3) is 0.250. The Morgan fingerprint density at radius 3 is 2.32 bits per heavy atom. The smallest absolute Gasteiger partial charge is 0.333 e. The maximum absolute atomic E-state index is 12.7. The number of carbonyl (C=O) groups is 3. The summed E-state index contributed by atoms with van der Waals surface area (Å²) in [4.78, 5) is 38.6. The summed E-state index contributed by atoms with van der Waals surface area (Å²) in [6.07, 6.45) is 0. The molecule has 0 saturated carbocycles. The minimum Gasteiger partial charge on any atom is -0.370 e. The summed E-state index contributed by atoms with van der Waals surface area (Å²) in [6.45, 7) is 0.0803. The van der Waals surface area contributed by atoms with E-state index in [0.29, 0.717) is 35.2 Å². The lowest BCUT2D eigenvalue weighted by atomic mass is 10.2. The molecule has 182 valence electrons. The third-order valence-electron chi connectivity index (χ3n) is 4.56. The number of nitrogens with two attached hydrogens (primary N) is 1. The van der Waals surface area contributed by atoms with E-state index in [-0.39, 0.29) is 12.5 Å². The maximum atomic E-state index is 12.7. The standard InChI is InChI=1S/C20H22ClN5O7S/c21-13-1-3-15(4-2-13)24-20(29)25-17(11-33-34(22,30)31)19(28)23-14-5-7-16(8-6-14)26-9-10-32-12-18(26)27/h1-8,17H,9-12H2,(H,23,28)(H2,22,30,31)(H2,24,25,29). The van der Waals surface area contributed by atoms with Crippen molar-refractivity contribution in [2.45, 2.75) is 6.04 Å². The second-order valence-electron chi connectivity index (χ2n) is 7.07. The van der Waals surface area contributed by atoms with Crippen molar-refractivity contribution in [1.82, 2.24) is 5.32 Å². The van der Waals surface area contributed by atoms with Crippen molar-refractivity contribution in [2.24, 2.45) is 5.14 Å². The van der Waals surface area contributed by atoms with Crippen molar-refractivity contribution in [3.63, 3.8) is 0 Å². The monoisotopic (exact) mass is 511 g/mol. The van der Waals surface area contributed by atoms with Crippen molar-refractivity contribution in [3.05, 3.63) is 53.6 Å². The second-order valence-corrected chi connectivity index (χ2v) is 8.73. The van der Waals surface area contributed by atoms with Crippen LogP contribution in [0.2, 0.25) is 5.02 Å². The fourth-order valence-corrected chi connectivity index (χ4v) is 3.40. The molecule has 0 bridgehead atoms. The van der Waals surface area contributed by atoms with Crippen LogP contribution in [0.1, 0.15) is 0 Å². The Bertz CT molecular complexity index is 1140. The van der Waals surface area contributed by atoms with E-state index in [0.717, 1.165) is 0 Å². The van der Waals surface area contributed by atoms with E-state index in [9.17, 15) is 22.8 Å². The predicted molar refractivity (Wildman–Crippen MR) is 125 cm³/mol. The normalized spacial score (nSPS) is 14.9. The number of benzene rings is 2. The van der Waals surface area contributed by atoms with Crippen LogP contribution >= 0.6 is 11.6 Å². The summed E-state index contributed by atoms with van der Waals surface area (Å²) in [6, 6.07) is 10.4. The van der Waals surface area contributed by atoms with Gasteiger partial charge in [-0.3, -0.25) is 13.8 Å². The third-order valence-corrected chi connectivity index (χ3v) is 5.27. The zero-order chi connectivity index (χ0) is 24.7. The molecule has 0 aliphatic carbocycles. The minimum absolute atomic E-state index is 0.00598. The Kier molecular flexibility index (Phi) is 8.41. The zero-order valence-electron chi connectivity index (χ0n) is 17.7. The summed E-state index contributed by atoms with van der Waals surface area (Å²) in [5.41, 5.74) is 1.36. The molecule has 1 saturated heterocycles. The van der Waals surface area contributed by atoms with E-state index in [2.05, 4.69) is 20.1 Å². The van der Waals surface area contributed by atoms with E-state index < -0.39 is 34.9 Å². The van der Waals surface area contributed by atoms with E-state index in [1.54, 1.807) is 53.4 Å². The number of hydrogen-bond donors (Lipinski definition) is 4. The Balaban J connectivity index is 1.65. The highest BCUT2D eigenvalue weighted by atomic mass is 35.5. The van der Waals surface area contributed by atoms with Crippen LogP contribution in [-0.4, -0.2) is 58.7 Å². The van der Waals surface area contributed by atoms with E-state index in [1.165, 1.54) is 0 Å². The Morgan fingerprint density at radius 1 is 1.09 bits per heavy atom. The van der Waals surface area contributed by atoms with Gasteiger partial charge in [-0.25, -0.2) is 9.93 Å². The van der Waals surface area contributed by atoms with E-state index in [4.69, 9.17) is 21.5 Å². The molecule has 1 unspecified atom stereocenters. The number of halogens is 1. The van der Waals surface area contributed by atoms with E-state index in [1.807, 2.05) is 0 Å². The van der Waals surface area contributed by atoms with Crippen LogP contribution < -0.4 is 26.0 Å². The average molecular weight is 512 g/mol. The highest BCUT2D eigenvalue weighted by Crippen LogP contribution is 2.20. The van der Waals surface area contributed by atoms with Crippen molar-refractivity contribution < 1.29 is 31.7 Å². The van der Waals surface area contributed by atoms with Gasteiger partial charge in [0.25, 0.3) is 5.91 Å². The van der Waals surface area contributed by atoms with Gasteiger partial charge in [-0.05, 0) is 48.5 Å². The van der Waals surface area contributed by atoms with Gasteiger partial charge in [-0.1, -0.05) is 11.6 Å². The highest BCUT2D eigenvalue weighted by Gasteiger charge is 2.24. The van der Waals surface area contributed by atoms with Gasteiger partial charge in [0.05, 0.1) is 13.2 Å². The number of nitrogens with zero attached hydrogens (tertiary/aromatic N) is 1. The van der Waals surface area contributed by atoms with Gasteiger partial charge in [0.15, 0.2) is 0 Å². The van der Waals surface area contributed by atoms with Crippen molar-refractivity contribution in [2.75, 3.05) is 41.9 Å². The molecule has 4 amide bonds. The van der Waals surface area contributed by atoms with Crippen molar-refractivity contribution in [3.8, 4) is 0 Å². The van der Waals surface area contributed by atoms with E-state index >= 15 is 0 Å². The highest BCUT2D eigenvalue weighted by molar-refractivity contribution is 7.84. The molecule has 1 aliphatic rings. The minimum atomic E-state index is -4.36. The first-order valence-corrected chi connectivity index (χ1v) is 11.7. The average Bonchev–Trinajstić information content (AvgIpc) is 2.78. The number of carbonyl (C=O) groups excluding carboxylic acids is 3. The number of nitrogens with one attached hydrogen (secondary N) is 3. The molecule has 1 fully saturated rings. The van der Waals surface area contributed by atoms with Crippen LogP contribution in [0.15, 0.2) is 48.5 Å². The SMILES string of the molecule is NS(=O)(=O)OCC(NC(=O)Nc1ccc(Cl)cc1)C(=O)Nc1ccc(N2CCOCC2=O)cc1. The lowest BCUT2D eigenvalue weighted by Crippen LogP contribution is -2.49. The molecule has 1 aliphatic heterocycles. The van der Waals surface area contributed by atoms with Crippen LogP contribution in [0.5, 0.6) is 0 Å². The first-order chi connectivity index (χ1) is 16.1. The molecule has 1 heterocycles. The van der Waals surface area contributed by atoms with Crippen LogP contribution in [0, 0.1) is 0 Å². The number of amides is 4. The number of urea groups is 1. The van der Waals surface area contributed by atoms with Crippen LogP contribution in [0.25, 0.3) is 0 Å². The molecule has 3 rings (SSSR count). The predicted octanol–water partition coefficient (Wildman–Crippen LogP) is 1.05. The molecule has 2 aromatic carbocycles. The third kappa shape index (κ3) is 7.67. The molecule has 34 heavy (non-hydrogen) atoms. The molecule has 0 radical (unpaired) electrons. The van der Waals surface area contributed by atoms with Gasteiger partial charge in [0, 0.05) is 28.6 Å². The topological polar surface area (TPSA) is 169 Å². The lowest BCUT2D eigenvalue weighted by molar-refractivity contribution is -0.125. The maximum Gasteiger partial charge on any atom is 0.333 e. The number of anilines is 3. The summed E-state index contributed by atoms with van der Waals surface area (Å²) >= 11 is 5.80. The Morgan fingerprint density at radius 2 is 1.71 bits per heavy atom. The van der Waals surface area contributed by atoms with Crippen LogP contribution in [0.3, 0.4) is 0 Å². The van der Waals surface area contributed by atoms with Gasteiger partial charge in [0.2, 0.25) is 5.91 Å². The quantitative estimate of drug-likeness (QED) is 0.410. The summed E-state index contributed by atoms with van der Waals surface area (Å²) in [5.74, 6) is -0.941. The number of ether oxygens (including phenoxy) is 1. The molecular weight excluding hydrogens is 490 g/mol. The molecule has 12 nitrogen and oxygen atoms in total. The van der Waals surface area contributed by atoms with Crippen molar-refractivity contribution >= 4 is 56.8 Å². The Hall–Kier alpha value is -3.23. The molecule has 0 spiro atoms. The molecule has 2 aromatic rings. The van der Waals surface area contributed by atoms with Gasteiger partial charge < -0.3 is 25.6 Å².